The van der Waals surface area contributed by atoms with Crippen LogP contribution in [0.25, 0.3) is 0 Å². The highest BCUT2D eigenvalue weighted by Gasteiger charge is 2.31. The number of rotatable bonds is 3. The Morgan fingerprint density at radius 1 is 1.52 bits per heavy atom. The van der Waals surface area contributed by atoms with Gasteiger partial charge in [0.2, 0.25) is 11.8 Å². The number of likely N-dealkylation sites (N-methyl/N-ethyl adjacent to an activating group) is 1. The van der Waals surface area contributed by atoms with Gasteiger partial charge in [0.1, 0.15) is 6.04 Å². The predicted molar refractivity (Wildman–Crippen MR) is 78.8 cm³/mol. The van der Waals surface area contributed by atoms with Gasteiger partial charge in [-0.1, -0.05) is 0 Å². The molecule has 6 nitrogen and oxygen atoms in total. The fraction of sp³-hybridized carbons (Fsp3) is 0.357. The van der Waals surface area contributed by atoms with E-state index in [0.717, 1.165) is 11.3 Å². The number of carbonyl (C=O) groups excluding carboxylic acids is 2. The Labute approximate surface area is 126 Å². The molecule has 0 bridgehead atoms. The maximum atomic E-state index is 12.4. The van der Waals surface area contributed by atoms with Crippen LogP contribution in [0.2, 0.25) is 0 Å². The lowest BCUT2D eigenvalue weighted by atomic mass is 10.1. The Hall–Kier alpha value is -2.15. The van der Waals surface area contributed by atoms with E-state index in [9.17, 15) is 9.59 Å². The van der Waals surface area contributed by atoms with Crippen molar-refractivity contribution in [1.82, 2.24) is 19.8 Å². The van der Waals surface area contributed by atoms with Crippen molar-refractivity contribution in [3.63, 3.8) is 0 Å². The van der Waals surface area contributed by atoms with Crippen LogP contribution in [0.15, 0.2) is 29.4 Å². The number of hydrogen-bond donors (Lipinski definition) is 1. The molecule has 2 amide bonds. The van der Waals surface area contributed by atoms with Crippen molar-refractivity contribution in [2.75, 3.05) is 13.6 Å². The van der Waals surface area contributed by atoms with Crippen LogP contribution in [-0.4, -0.2) is 39.9 Å². The predicted octanol–water partition coefficient (Wildman–Crippen LogP) is 0.817. The molecule has 2 aromatic rings. The number of amides is 2. The first-order chi connectivity index (χ1) is 10.2. The molecule has 21 heavy (non-hydrogen) atoms. The van der Waals surface area contributed by atoms with Gasteiger partial charge >= 0.3 is 0 Å². The number of hydrogen-bond acceptors (Lipinski definition) is 4. The van der Waals surface area contributed by atoms with Crippen molar-refractivity contribution >= 4 is 23.2 Å². The molecule has 110 valence electrons. The zero-order chi connectivity index (χ0) is 14.8. The average Bonchev–Trinajstić information content (AvgIpc) is 3.15. The van der Waals surface area contributed by atoms with E-state index in [1.54, 1.807) is 35.8 Å². The molecule has 0 saturated heterocycles. The van der Waals surface area contributed by atoms with Crippen molar-refractivity contribution in [3.05, 3.63) is 40.6 Å². The SMILES string of the molecule is CNC(=O)[C@@H]1CN(C(=O)Cc2ccsc2)Cc2cncn21. The largest absolute Gasteiger partial charge is 0.357 e. The first kappa shape index (κ1) is 13.8. The van der Waals surface area contributed by atoms with Gasteiger partial charge in [-0.2, -0.15) is 11.3 Å². The average molecular weight is 304 g/mol. The Bertz CT molecular complexity index is 650. The van der Waals surface area contributed by atoms with Crippen LogP contribution in [0.5, 0.6) is 0 Å². The van der Waals surface area contributed by atoms with E-state index in [4.69, 9.17) is 0 Å². The van der Waals surface area contributed by atoms with Crippen molar-refractivity contribution < 1.29 is 9.59 Å². The van der Waals surface area contributed by atoms with Crippen LogP contribution < -0.4 is 5.32 Å². The molecule has 0 unspecified atom stereocenters. The van der Waals surface area contributed by atoms with Crippen molar-refractivity contribution in [2.24, 2.45) is 0 Å². The lowest BCUT2D eigenvalue weighted by Gasteiger charge is -2.33. The molecule has 0 saturated carbocycles. The molecule has 3 rings (SSSR count). The van der Waals surface area contributed by atoms with Gasteiger partial charge in [-0.25, -0.2) is 4.98 Å². The summed E-state index contributed by atoms with van der Waals surface area (Å²) < 4.78 is 1.84. The van der Waals surface area contributed by atoms with Gasteiger partial charge in [0.25, 0.3) is 0 Å². The van der Waals surface area contributed by atoms with E-state index >= 15 is 0 Å². The molecule has 0 radical (unpaired) electrons. The summed E-state index contributed by atoms with van der Waals surface area (Å²) in [6.07, 6.45) is 3.73. The second kappa shape index (κ2) is 5.69. The van der Waals surface area contributed by atoms with E-state index in [0.29, 0.717) is 19.5 Å². The summed E-state index contributed by atoms with van der Waals surface area (Å²) >= 11 is 1.58. The topological polar surface area (TPSA) is 67.2 Å². The summed E-state index contributed by atoms with van der Waals surface area (Å²) in [5, 5.41) is 6.58. The number of carbonyl (C=O) groups is 2. The lowest BCUT2D eigenvalue weighted by molar-refractivity contribution is -0.134. The van der Waals surface area contributed by atoms with Crippen LogP contribution in [0.1, 0.15) is 17.3 Å². The lowest BCUT2D eigenvalue weighted by Crippen LogP contribution is -2.46. The number of imidazole rings is 1. The summed E-state index contributed by atoms with van der Waals surface area (Å²) in [4.78, 5) is 30.3. The molecular formula is C14H16N4O2S. The highest BCUT2D eigenvalue weighted by atomic mass is 32.1. The third-order valence-electron chi connectivity index (χ3n) is 3.67. The first-order valence-electron chi connectivity index (χ1n) is 6.70. The van der Waals surface area contributed by atoms with E-state index in [-0.39, 0.29) is 11.8 Å². The summed E-state index contributed by atoms with van der Waals surface area (Å²) in [5.74, 6) is -0.0722. The Balaban J connectivity index is 1.79. The van der Waals surface area contributed by atoms with Crippen LogP contribution in [-0.2, 0) is 22.6 Å². The molecule has 0 aliphatic carbocycles. The van der Waals surface area contributed by atoms with E-state index in [2.05, 4.69) is 10.3 Å². The maximum Gasteiger partial charge on any atom is 0.244 e. The molecule has 1 aliphatic heterocycles. The van der Waals surface area contributed by atoms with Gasteiger partial charge in [-0.15, -0.1) is 0 Å². The summed E-state index contributed by atoms with van der Waals surface area (Å²) in [6, 6.07) is 1.54. The van der Waals surface area contributed by atoms with Gasteiger partial charge in [-0.3, -0.25) is 9.59 Å². The smallest absolute Gasteiger partial charge is 0.244 e. The maximum absolute atomic E-state index is 12.4. The minimum Gasteiger partial charge on any atom is -0.357 e. The van der Waals surface area contributed by atoms with Crippen LogP contribution in [0.4, 0.5) is 0 Å². The number of fused-ring (bicyclic) bond motifs is 1. The molecule has 0 spiro atoms. The second-order valence-electron chi connectivity index (χ2n) is 5.00. The normalized spacial score (nSPS) is 17.4. The summed E-state index contributed by atoms with van der Waals surface area (Å²) in [7, 11) is 1.60. The number of thiophene rings is 1. The highest BCUT2D eigenvalue weighted by Crippen LogP contribution is 2.22. The molecule has 7 heteroatoms. The molecular weight excluding hydrogens is 288 g/mol. The zero-order valence-electron chi connectivity index (χ0n) is 11.7. The minimum absolute atomic E-state index is 0.0368. The molecule has 0 aromatic carbocycles. The van der Waals surface area contributed by atoms with Gasteiger partial charge in [0.15, 0.2) is 0 Å². The van der Waals surface area contributed by atoms with Crippen molar-refractivity contribution in [2.45, 2.75) is 19.0 Å². The van der Waals surface area contributed by atoms with Crippen molar-refractivity contribution in [3.8, 4) is 0 Å². The summed E-state index contributed by atoms with van der Waals surface area (Å²) in [5.41, 5.74) is 1.90. The summed E-state index contributed by atoms with van der Waals surface area (Å²) in [6.45, 7) is 0.877. The first-order valence-corrected chi connectivity index (χ1v) is 7.64. The fourth-order valence-corrected chi connectivity index (χ4v) is 3.21. The van der Waals surface area contributed by atoms with Crippen LogP contribution >= 0.6 is 11.3 Å². The number of nitrogens with zero attached hydrogens (tertiary/aromatic N) is 3. The van der Waals surface area contributed by atoms with Crippen molar-refractivity contribution in [1.29, 1.82) is 0 Å². The second-order valence-corrected chi connectivity index (χ2v) is 5.78. The molecule has 3 heterocycles. The number of aromatic nitrogens is 2. The highest BCUT2D eigenvalue weighted by molar-refractivity contribution is 7.07. The van der Waals surface area contributed by atoms with E-state index in [1.807, 2.05) is 21.4 Å². The van der Waals surface area contributed by atoms with E-state index in [1.165, 1.54) is 0 Å². The molecule has 1 atom stereocenters. The fourth-order valence-electron chi connectivity index (χ4n) is 2.54. The molecule has 2 aromatic heterocycles. The van der Waals surface area contributed by atoms with Gasteiger partial charge in [0.05, 0.1) is 31.5 Å². The zero-order valence-corrected chi connectivity index (χ0v) is 12.5. The molecule has 0 fully saturated rings. The number of nitrogens with one attached hydrogen (secondary N) is 1. The molecule has 1 aliphatic rings. The Kier molecular flexibility index (Phi) is 3.74. The van der Waals surface area contributed by atoms with Crippen LogP contribution in [0, 0.1) is 0 Å². The third-order valence-corrected chi connectivity index (χ3v) is 4.40. The standard InChI is InChI=1S/C14H16N4O2S/c1-15-14(20)12-7-17(6-11-5-16-9-18(11)12)13(19)4-10-2-3-21-8-10/h2-3,5,8-9,12H,4,6-7H2,1H3,(H,15,20)/t12-/m0/s1. The Morgan fingerprint density at radius 2 is 2.38 bits per heavy atom. The minimum atomic E-state index is -0.410. The van der Waals surface area contributed by atoms with Gasteiger partial charge < -0.3 is 14.8 Å². The third kappa shape index (κ3) is 2.69. The van der Waals surface area contributed by atoms with Gasteiger partial charge in [-0.05, 0) is 22.4 Å². The van der Waals surface area contributed by atoms with Crippen LogP contribution in [0.3, 0.4) is 0 Å². The molecule has 1 N–H and O–H groups in total. The Morgan fingerprint density at radius 3 is 3.10 bits per heavy atom. The van der Waals surface area contributed by atoms with Gasteiger partial charge in [0, 0.05) is 13.2 Å². The monoisotopic (exact) mass is 304 g/mol. The quantitative estimate of drug-likeness (QED) is 0.913. The van der Waals surface area contributed by atoms with E-state index < -0.39 is 6.04 Å².